The summed E-state index contributed by atoms with van der Waals surface area (Å²) in [6.45, 7) is 4.90. The Labute approximate surface area is 84.0 Å². The zero-order valence-corrected chi connectivity index (χ0v) is 8.71. The lowest BCUT2D eigenvalue weighted by Gasteiger charge is -2.17. The van der Waals surface area contributed by atoms with Gasteiger partial charge in [0.05, 0.1) is 6.61 Å². The normalized spacial score (nSPS) is 30.3. The van der Waals surface area contributed by atoms with E-state index in [9.17, 15) is 4.79 Å². The van der Waals surface area contributed by atoms with E-state index >= 15 is 0 Å². The molecule has 1 atom stereocenters. The highest BCUT2D eigenvalue weighted by atomic mass is 16.7. The third-order valence-corrected chi connectivity index (χ3v) is 2.52. The molecule has 1 heterocycles. The Morgan fingerprint density at radius 3 is 2.71 bits per heavy atom. The lowest BCUT2D eigenvalue weighted by molar-refractivity contribution is -0.139. The molecule has 2 aliphatic rings. The van der Waals surface area contributed by atoms with Gasteiger partial charge in [0.15, 0.2) is 5.79 Å². The number of rotatable bonds is 3. The summed E-state index contributed by atoms with van der Waals surface area (Å²) in [6, 6.07) is 0. The number of hydrogen-bond acceptors (Lipinski definition) is 3. The van der Waals surface area contributed by atoms with Crippen LogP contribution in [-0.4, -0.2) is 30.9 Å². The minimum atomic E-state index is -0.491. The molecule has 0 aromatic carbocycles. The van der Waals surface area contributed by atoms with E-state index in [1.165, 1.54) is 0 Å². The van der Waals surface area contributed by atoms with Crippen LogP contribution < -0.4 is 5.32 Å². The predicted molar refractivity (Wildman–Crippen MR) is 50.6 cm³/mol. The van der Waals surface area contributed by atoms with Crippen LogP contribution in [0.3, 0.4) is 0 Å². The Morgan fingerprint density at radius 2 is 2.21 bits per heavy atom. The number of carbonyl (C=O) groups excluding carboxylic acids is 1. The average Bonchev–Trinajstić information content (AvgIpc) is 2.88. The van der Waals surface area contributed by atoms with Gasteiger partial charge in [-0.05, 0) is 26.7 Å². The van der Waals surface area contributed by atoms with Crippen LogP contribution in [-0.2, 0) is 14.3 Å². The van der Waals surface area contributed by atoms with Crippen LogP contribution in [0.15, 0.2) is 0 Å². The number of carbonyl (C=O) groups is 1. The van der Waals surface area contributed by atoms with Gasteiger partial charge in [-0.25, -0.2) is 0 Å². The highest BCUT2D eigenvalue weighted by Gasteiger charge is 2.34. The van der Waals surface area contributed by atoms with Gasteiger partial charge in [0.1, 0.15) is 6.10 Å². The van der Waals surface area contributed by atoms with Crippen LogP contribution in [0.2, 0.25) is 0 Å². The standard InChI is InChI=1S/C10H17NO3/c1-10(2)13-6-8(14-10)5-11-9(12)7-3-4-7/h7-8H,3-6H2,1-2H3,(H,11,12). The van der Waals surface area contributed by atoms with Gasteiger partial charge in [-0.3, -0.25) is 4.79 Å². The second kappa shape index (κ2) is 3.51. The molecule has 1 saturated heterocycles. The van der Waals surface area contributed by atoms with Gasteiger partial charge in [0.25, 0.3) is 0 Å². The van der Waals surface area contributed by atoms with Gasteiger partial charge in [-0.1, -0.05) is 0 Å². The smallest absolute Gasteiger partial charge is 0.223 e. The van der Waals surface area contributed by atoms with Crippen LogP contribution in [0.25, 0.3) is 0 Å². The Morgan fingerprint density at radius 1 is 1.50 bits per heavy atom. The van der Waals surface area contributed by atoms with Gasteiger partial charge >= 0.3 is 0 Å². The van der Waals surface area contributed by atoms with Crippen molar-refractivity contribution < 1.29 is 14.3 Å². The van der Waals surface area contributed by atoms with E-state index in [1.807, 2.05) is 13.8 Å². The first-order chi connectivity index (χ1) is 6.57. The molecular formula is C10H17NO3. The summed E-state index contributed by atoms with van der Waals surface area (Å²) >= 11 is 0. The van der Waals surface area contributed by atoms with Gasteiger partial charge in [0, 0.05) is 12.5 Å². The molecule has 80 valence electrons. The molecule has 1 N–H and O–H groups in total. The monoisotopic (exact) mass is 199 g/mol. The van der Waals surface area contributed by atoms with E-state index in [4.69, 9.17) is 9.47 Å². The van der Waals surface area contributed by atoms with E-state index in [0.29, 0.717) is 13.2 Å². The predicted octanol–water partition coefficient (Wildman–Crippen LogP) is 0.664. The summed E-state index contributed by atoms with van der Waals surface area (Å²) in [5.74, 6) is -0.0572. The first kappa shape index (κ1) is 9.93. The molecule has 1 amide bonds. The van der Waals surface area contributed by atoms with E-state index in [2.05, 4.69) is 5.32 Å². The molecule has 4 nitrogen and oxygen atoms in total. The highest BCUT2D eigenvalue weighted by molar-refractivity contribution is 5.80. The topological polar surface area (TPSA) is 47.6 Å². The van der Waals surface area contributed by atoms with E-state index in [0.717, 1.165) is 12.8 Å². The van der Waals surface area contributed by atoms with Crippen molar-refractivity contribution >= 4 is 5.91 Å². The lowest BCUT2D eigenvalue weighted by atomic mass is 10.3. The Kier molecular flexibility index (Phi) is 2.49. The molecule has 1 aliphatic heterocycles. The quantitative estimate of drug-likeness (QED) is 0.726. The molecule has 1 unspecified atom stereocenters. The first-order valence-corrected chi connectivity index (χ1v) is 5.16. The third kappa shape index (κ3) is 2.45. The maximum Gasteiger partial charge on any atom is 0.223 e. The summed E-state index contributed by atoms with van der Waals surface area (Å²) in [5.41, 5.74) is 0. The number of amides is 1. The maximum absolute atomic E-state index is 11.3. The molecule has 1 aliphatic carbocycles. The van der Waals surface area contributed by atoms with E-state index in [-0.39, 0.29) is 17.9 Å². The van der Waals surface area contributed by atoms with Gasteiger partial charge in [-0.15, -0.1) is 0 Å². The molecule has 14 heavy (non-hydrogen) atoms. The van der Waals surface area contributed by atoms with Crippen molar-refractivity contribution in [2.45, 2.75) is 38.6 Å². The van der Waals surface area contributed by atoms with Gasteiger partial charge in [-0.2, -0.15) is 0 Å². The Hall–Kier alpha value is -0.610. The van der Waals surface area contributed by atoms with Crippen molar-refractivity contribution in [3.8, 4) is 0 Å². The molecule has 0 aromatic rings. The Balaban J connectivity index is 1.68. The van der Waals surface area contributed by atoms with Gasteiger partial charge in [0.2, 0.25) is 5.91 Å². The molecule has 0 spiro atoms. The van der Waals surface area contributed by atoms with Crippen molar-refractivity contribution in [1.82, 2.24) is 5.32 Å². The second-order valence-corrected chi connectivity index (χ2v) is 4.47. The summed E-state index contributed by atoms with van der Waals surface area (Å²) in [6.07, 6.45) is 2.09. The summed E-state index contributed by atoms with van der Waals surface area (Å²) < 4.78 is 11.0. The molecule has 0 aromatic heterocycles. The van der Waals surface area contributed by atoms with Crippen LogP contribution >= 0.6 is 0 Å². The van der Waals surface area contributed by atoms with Crippen LogP contribution in [0.5, 0.6) is 0 Å². The van der Waals surface area contributed by atoms with Crippen LogP contribution in [0.4, 0.5) is 0 Å². The fraction of sp³-hybridized carbons (Fsp3) is 0.900. The van der Waals surface area contributed by atoms with Crippen LogP contribution in [0.1, 0.15) is 26.7 Å². The summed E-state index contributed by atoms with van der Waals surface area (Å²) in [5, 5.41) is 2.88. The maximum atomic E-state index is 11.3. The third-order valence-electron chi connectivity index (χ3n) is 2.52. The minimum Gasteiger partial charge on any atom is -0.353 e. The number of hydrogen-bond donors (Lipinski definition) is 1. The van der Waals surface area contributed by atoms with Crippen molar-refractivity contribution in [2.75, 3.05) is 13.2 Å². The van der Waals surface area contributed by atoms with Crippen molar-refractivity contribution in [3.05, 3.63) is 0 Å². The highest BCUT2D eigenvalue weighted by Crippen LogP contribution is 2.29. The molecule has 0 bridgehead atoms. The zero-order chi connectivity index (χ0) is 10.2. The van der Waals surface area contributed by atoms with E-state index < -0.39 is 5.79 Å². The van der Waals surface area contributed by atoms with E-state index in [1.54, 1.807) is 0 Å². The second-order valence-electron chi connectivity index (χ2n) is 4.47. The molecule has 2 fully saturated rings. The molecular weight excluding hydrogens is 182 g/mol. The molecule has 2 rings (SSSR count). The van der Waals surface area contributed by atoms with Crippen molar-refractivity contribution in [2.24, 2.45) is 5.92 Å². The molecule has 1 saturated carbocycles. The fourth-order valence-corrected chi connectivity index (χ4v) is 1.57. The van der Waals surface area contributed by atoms with Crippen molar-refractivity contribution in [3.63, 3.8) is 0 Å². The zero-order valence-electron chi connectivity index (χ0n) is 8.71. The van der Waals surface area contributed by atoms with Crippen LogP contribution in [0, 0.1) is 5.92 Å². The Bertz CT molecular complexity index is 236. The minimum absolute atomic E-state index is 0.00713. The summed E-state index contributed by atoms with van der Waals surface area (Å²) in [4.78, 5) is 11.3. The molecule has 0 radical (unpaired) electrons. The average molecular weight is 199 g/mol. The molecule has 4 heteroatoms. The van der Waals surface area contributed by atoms with Gasteiger partial charge < -0.3 is 14.8 Å². The number of nitrogens with one attached hydrogen (secondary N) is 1. The summed E-state index contributed by atoms with van der Waals surface area (Å²) in [7, 11) is 0. The lowest BCUT2D eigenvalue weighted by Crippen LogP contribution is -2.35. The number of ether oxygens (including phenoxy) is 2. The first-order valence-electron chi connectivity index (χ1n) is 5.16. The largest absolute Gasteiger partial charge is 0.353 e. The SMILES string of the molecule is CC1(C)OCC(CNC(=O)C2CC2)O1. The fourth-order valence-electron chi connectivity index (χ4n) is 1.57. The van der Waals surface area contributed by atoms with Crippen molar-refractivity contribution in [1.29, 1.82) is 0 Å².